The Morgan fingerprint density at radius 3 is 2.88 bits per heavy atom. The molecule has 1 unspecified atom stereocenters. The van der Waals surface area contributed by atoms with Crippen LogP contribution < -0.4 is 5.32 Å². The van der Waals surface area contributed by atoms with E-state index in [4.69, 9.17) is 0 Å². The number of aromatic nitrogens is 1. The van der Waals surface area contributed by atoms with Crippen LogP contribution in [0.25, 0.3) is 0 Å². The molecule has 1 aromatic heterocycles. The molecule has 1 aliphatic carbocycles. The zero-order valence-electron chi connectivity index (χ0n) is 10.6. The molecule has 0 bridgehead atoms. The van der Waals surface area contributed by atoms with Gasteiger partial charge in [-0.05, 0) is 25.2 Å². The standard InChI is InChI=1S/C13H22N2OS/c1-9(2)5-11(8-16)14-6-12-7-15-13(17-12)10-3-4-10/h7,9-11,14,16H,3-6,8H2,1-2H3. The molecule has 1 atom stereocenters. The van der Waals surface area contributed by atoms with Gasteiger partial charge in [0.1, 0.15) is 0 Å². The van der Waals surface area contributed by atoms with E-state index >= 15 is 0 Å². The summed E-state index contributed by atoms with van der Waals surface area (Å²) in [6.07, 6.45) is 5.62. The Balaban J connectivity index is 1.78. The molecular formula is C13H22N2OS. The summed E-state index contributed by atoms with van der Waals surface area (Å²) in [4.78, 5) is 5.75. The molecule has 0 spiro atoms. The summed E-state index contributed by atoms with van der Waals surface area (Å²) in [6, 6.07) is 0.210. The Morgan fingerprint density at radius 1 is 1.53 bits per heavy atom. The summed E-state index contributed by atoms with van der Waals surface area (Å²) in [5.74, 6) is 1.36. The smallest absolute Gasteiger partial charge is 0.0959 e. The van der Waals surface area contributed by atoms with E-state index in [0.717, 1.165) is 18.9 Å². The second kappa shape index (κ2) is 5.94. The molecule has 3 nitrogen and oxygen atoms in total. The van der Waals surface area contributed by atoms with Crippen molar-refractivity contribution in [3.8, 4) is 0 Å². The lowest BCUT2D eigenvalue weighted by molar-refractivity contribution is 0.224. The van der Waals surface area contributed by atoms with E-state index in [1.807, 2.05) is 17.5 Å². The fraction of sp³-hybridized carbons (Fsp3) is 0.769. The van der Waals surface area contributed by atoms with Gasteiger partial charge in [-0.2, -0.15) is 0 Å². The fourth-order valence-corrected chi connectivity index (χ4v) is 3.00. The number of aliphatic hydroxyl groups is 1. The van der Waals surface area contributed by atoms with Crippen molar-refractivity contribution in [2.45, 2.75) is 51.6 Å². The van der Waals surface area contributed by atoms with E-state index in [1.54, 1.807) is 0 Å². The van der Waals surface area contributed by atoms with Crippen molar-refractivity contribution >= 4 is 11.3 Å². The van der Waals surface area contributed by atoms with Crippen molar-refractivity contribution in [3.63, 3.8) is 0 Å². The van der Waals surface area contributed by atoms with Gasteiger partial charge >= 0.3 is 0 Å². The molecule has 1 heterocycles. The first-order valence-electron chi connectivity index (χ1n) is 6.48. The van der Waals surface area contributed by atoms with Gasteiger partial charge in [0.15, 0.2) is 0 Å². The fourth-order valence-electron chi connectivity index (χ4n) is 1.96. The predicted molar refractivity (Wildman–Crippen MR) is 71.3 cm³/mol. The predicted octanol–water partition coefficient (Wildman–Crippen LogP) is 2.52. The van der Waals surface area contributed by atoms with Gasteiger partial charge in [0, 0.05) is 29.6 Å². The van der Waals surface area contributed by atoms with Crippen LogP contribution in [-0.4, -0.2) is 22.7 Å². The molecule has 0 aromatic carbocycles. The van der Waals surface area contributed by atoms with Crippen LogP contribution in [-0.2, 0) is 6.54 Å². The molecule has 1 saturated carbocycles. The van der Waals surface area contributed by atoms with Crippen LogP contribution in [0.2, 0.25) is 0 Å². The Labute approximate surface area is 107 Å². The molecule has 1 fully saturated rings. The largest absolute Gasteiger partial charge is 0.395 e. The summed E-state index contributed by atoms with van der Waals surface area (Å²) < 4.78 is 0. The Hall–Kier alpha value is -0.450. The highest BCUT2D eigenvalue weighted by Gasteiger charge is 2.26. The van der Waals surface area contributed by atoms with E-state index < -0.39 is 0 Å². The van der Waals surface area contributed by atoms with Gasteiger partial charge in [-0.1, -0.05) is 13.8 Å². The topological polar surface area (TPSA) is 45.1 Å². The number of nitrogens with zero attached hydrogens (tertiary/aromatic N) is 1. The van der Waals surface area contributed by atoms with Crippen LogP contribution in [0.15, 0.2) is 6.20 Å². The second-order valence-electron chi connectivity index (χ2n) is 5.33. The van der Waals surface area contributed by atoms with Crippen molar-refractivity contribution in [3.05, 3.63) is 16.1 Å². The first kappa shape index (κ1) is 13.0. The lowest BCUT2D eigenvalue weighted by Gasteiger charge is -2.17. The lowest BCUT2D eigenvalue weighted by Crippen LogP contribution is -2.33. The van der Waals surface area contributed by atoms with E-state index in [9.17, 15) is 5.11 Å². The number of rotatable bonds is 7. The number of hydrogen-bond donors (Lipinski definition) is 2. The molecule has 0 saturated heterocycles. The number of thiazole rings is 1. The van der Waals surface area contributed by atoms with Gasteiger partial charge in [0.25, 0.3) is 0 Å². The van der Waals surface area contributed by atoms with Crippen LogP contribution in [0.1, 0.15) is 48.9 Å². The maximum atomic E-state index is 9.28. The molecule has 96 valence electrons. The van der Waals surface area contributed by atoms with Gasteiger partial charge in [-0.3, -0.25) is 0 Å². The minimum Gasteiger partial charge on any atom is -0.395 e. The molecular weight excluding hydrogens is 232 g/mol. The van der Waals surface area contributed by atoms with Gasteiger partial charge in [0.2, 0.25) is 0 Å². The summed E-state index contributed by atoms with van der Waals surface area (Å²) in [5.41, 5.74) is 0. The van der Waals surface area contributed by atoms with Crippen molar-refractivity contribution in [2.75, 3.05) is 6.61 Å². The third-order valence-electron chi connectivity index (χ3n) is 3.04. The molecule has 1 aliphatic rings. The molecule has 0 aliphatic heterocycles. The third-order valence-corrected chi connectivity index (χ3v) is 4.20. The number of aliphatic hydroxyl groups excluding tert-OH is 1. The molecule has 0 amide bonds. The Bertz CT molecular complexity index is 347. The summed E-state index contributed by atoms with van der Waals surface area (Å²) in [7, 11) is 0. The average molecular weight is 254 g/mol. The average Bonchev–Trinajstić information content (AvgIpc) is 3.04. The van der Waals surface area contributed by atoms with Gasteiger partial charge < -0.3 is 10.4 Å². The Morgan fingerprint density at radius 2 is 2.29 bits per heavy atom. The van der Waals surface area contributed by atoms with E-state index in [2.05, 4.69) is 24.1 Å². The van der Waals surface area contributed by atoms with Crippen molar-refractivity contribution < 1.29 is 5.11 Å². The third kappa shape index (κ3) is 4.05. The van der Waals surface area contributed by atoms with Crippen LogP contribution >= 0.6 is 11.3 Å². The molecule has 4 heteroatoms. The molecule has 2 N–H and O–H groups in total. The normalized spacial score (nSPS) is 17.6. The number of hydrogen-bond acceptors (Lipinski definition) is 4. The summed E-state index contributed by atoms with van der Waals surface area (Å²) in [6.45, 7) is 5.42. The van der Waals surface area contributed by atoms with E-state index in [0.29, 0.717) is 5.92 Å². The van der Waals surface area contributed by atoms with Crippen LogP contribution in [0.3, 0.4) is 0 Å². The summed E-state index contributed by atoms with van der Waals surface area (Å²) >= 11 is 1.82. The summed E-state index contributed by atoms with van der Waals surface area (Å²) in [5, 5.41) is 14.0. The highest BCUT2D eigenvalue weighted by Crippen LogP contribution is 2.41. The van der Waals surface area contributed by atoms with Gasteiger partial charge in [0.05, 0.1) is 11.6 Å². The van der Waals surface area contributed by atoms with Crippen molar-refractivity contribution in [2.24, 2.45) is 5.92 Å². The van der Waals surface area contributed by atoms with Crippen molar-refractivity contribution in [1.82, 2.24) is 10.3 Å². The van der Waals surface area contributed by atoms with Gasteiger partial charge in [-0.15, -0.1) is 11.3 Å². The minimum absolute atomic E-state index is 0.210. The SMILES string of the molecule is CC(C)CC(CO)NCc1cnc(C2CC2)s1. The highest BCUT2D eigenvalue weighted by atomic mass is 32.1. The van der Waals surface area contributed by atoms with Crippen LogP contribution in [0, 0.1) is 5.92 Å². The highest BCUT2D eigenvalue weighted by molar-refractivity contribution is 7.11. The maximum Gasteiger partial charge on any atom is 0.0959 e. The zero-order chi connectivity index (χ0) is 12.3. The second-order valence-corrected chi connectivity index (χ2v) is 6.48. The molecule has 0 radical (unpaired) electrons. The zero-order valence-corrected chi connectivity index (χ0v) is 11.5. The first-order valence-corrected chi connectivity index (χ1v) is 7.29. The Kier molecular flexibility index (Phi) is 4.54. The van der Waals surface area contributed by atoms with Crippen molar-refractivity contribution in [1.29, 1.82) is 0 Å². The minimum atomic E-state index is 0.210. The number of nitrogens with one attached hydrogen (secondary N) is 1. The monoisotopic (exact) mass is 254 g/mol. The molecule has 2 rings (SSSR count). The maximum absolute atomic E-state index is 9.28. The molecule has 17 heavy (non-hydrogen) atoms. The quantitative estimate of drug-likeness (QED) is 0.786. The molecule has 1 aromatic rings. The van der Waals surface area contributed by atoms with E-state index in [1.165, 1.54) is 22.7 Å². The van der Waals surface area contributed by atoms with Crippen LogP contribution in [0.4, 0.5) is 0 Å². The van der Waals surface area contributed by atoms with Crippen LogP contribution in [0.5, 0.6) is 0 Å². The van der Waals surface area contributed by atoms with Gasteiger partial charge in [-0.25, -0.2) is 4.98 Å². The lowest BCUT2D eigenvalue weighted by atomic mass is 10.0. The first-order chi connectivity index (χ1) is 8.19. The van der Waals surface area contributed by atoms with E-state index in [-0.39, 0.29) is 12.6 Å².